The molecule has 3 atom stereocenters. The Morgan fingerprint density at radius 3 is 2.87 bits per heavy atom. The fraction of sp³-hybridized carbons (Fsp3) is 0.381. The van der Waals surface area contributed by atoms with Crippen LogP contribution in [0.5, 0.6) is 0 Å². The van der Waals surface area contributed by atoms with E-state index >= 15 is 0 Å². The second-order valence-electron chi connectivity index (χ2n) is 7.25. The molecule has 9 nitrogen and oxygen atoms in total. The summed E-state index contributed by atoms with van der Waals surface area (Å²) in [5, 5.41) is 21.1. The van der Waals surface area contributed by atoms with Crippen LogP contribution in [0.4, 0.5) is 0 Å². The number of aromatic nitrogens is 5. The van der Waals surface area contributed by atoms with Crippen LogP contribution in [0.3, 0.4) is 0 Å². The van der Waals surface area contributed by atoms with Crippen LogP contribution in [0.25, 0.3) is 11.3 Å². The van der Waals surface area contributed by atoms with Gasteiger partial charge in [-0.2, -0.15) is 0 Å². The van der Waals surface area contributed by atoms with Crippen LogP contribution in [-0.4, -0.2) is 60.8 Å². The number of nitrogens with zero attached hydrogens (tertiary/aromatic N) is 5. The van der Waals surface area contributed by atoms with Crippen molar-refractivity contribution >= 4 is 5.91 Å². The van der Waals surface area contributed by atoms with Crippen LogP contribution in [0, 0.1) is 0 Å². The van der Waals surface area contributed by atoms with E-state index in [2.05, 4.69) is 25.6 Å². The molecule has 0 saturated carbocycles. The number of rotatable bonds is 7. The predicted octanol–water partition coefficient (Wildman–Crippen LogP) is 1.46. The van der Waals surface area contributed by atoms with Gasteiger partial charge in [0.1, 0.15) is 17.5 Å². The second-order valence-corrected chi connectivity index (χ2v) is 7.25. The van der Waals surface area contributed by atoms with Crippen molar-refractivity contribution in [2.45, 2.75) is 44.1 Å². The number of nitrogens with one attached hydrogen (secondary N) is 1. The van der Waals surface area contributed by atoms with Crippen molar-refractivity contribution < 1.29 is 14.6 Å². The van der Waals surface area contributed by atoms with Gasteiger partial charge in [0.2, 0.25) is 0 Å². The third-order valence-corrected chi connectivity index (χ3v) is 5.20. The lowest BCUT2D eigenvalue weighted by Crippen LogP contribution is -2.51. The van der Waals surface area contributed by atoms with Crippen LogP contribution >= 0.6 is 0 Å². The molecule has 1 aromatic carbocycles. The minimum atomic E-state index is -0.458. The van der Waals surface area contributed by atoms with E-state index in [0.29, 0.717) is 13.0 Å². The number of benzene rings is 1. The van der Waals surface area contributed by atoms with E-state index in [1.807, 2.05) is 41.2 Å². The SMILES string of the molecule is O=C(N[C@H]1CC[C@H](CCn2cc(-c3ccccc3)nn2)O[C@H]1CO)c1cnccn1. The Balaban J connectivity index is 1.29. The number of amides is 1. The van der Waals surface area contributed by atoms with Gasteiger partial charge in [-0.1, -0.05) is 35.5 Å². The molecule has 1 saturated heterocycles. The fourth-order valence-corrected chi connectivity index (χ4v) is 3.59. The summed E-state index contributed by atoms with van der Waals surface area (Å²) in [7, 11) is 0. The van der Waals surface area contributed by atoms with Crippen LogP contribution in [0.15, 0.2) is 55.1 Å². The number of carbonyl (C=O) groups excluding carboxylic acids is 1. The van der Waals surface area contributed by atoms with Crippen molar-refractivity contribution in [3.8, 4) is 11.3 Å². The normalized spacial score (nSPS) is 21.3. The zero-order chi connectivity index (χ0) is 20.8. The molecule has 0 spiro atoms. The number of hydrogen-bond acceptors (Lipinski definition) is 7. The van der Waals surface area contributed by atoms with E-state index in [1.165, 1.54) is 18.6 Å². The van der Waals surface area contributed by atoms with Crippen LogP contribution < -0.4 is 5.32 Å². The Labute approximate surface area is 174 Å². The summed E-state index contributed by atoms with van der Waals surface area (Å²) in [6.07, 6.45) is 8.09. The van der Waals surface area contributed by atoms with E-state index < -0.39 is 6.10 Å². The first-order chi connectivity index (χ1) is 14.7. The van der Waals surface area contributed by atoms with Gasteiger partial charge in [0.05, 0.1) is 31.1 Å². The molecule has 1 fully saturated rings. The van der Waals surface area contributed by atoms with E-state index in [4.69, 9.17) is 4.74 Å². The zero-order valence-electron chi connectivity index (χ0n) is 16.5. The predicted molar refractivity (Wildman–Crippen MR) is 108 cm³/mol. The summed E-state index contributed by atoms with van der Waals surface area (Å²) in [5.74, 6) is -0.315. The van der Waals surface area contributed by atoms with Crippen LogP contribution in [0.2, 0.25) is 0 Å². The van der Waals surface area contributed by atoms with Crippen molar-refractivity contribution in [3.63, 3.8) is 0 Å². The van der Waals surface area contributed by atoms with Gasteiger partial charge < -0.3 is 15.2 Å². The van der Waals surface area contributed by atoms with Crippen LogP contribution in [-0.2, 0) is 11.3 Å². The minimum absolute atomic E-state index is 0.0174. The van der Waals surface area contributed by atoms with Crippen molar-refractivity contribution in [1.29, 1.82) is 0 Å². The quantitative estimate of drug-likeness (QED) is 0.608. The molecule has 9 heteroatoms. The highest BCUT2D eigenvalue weighted by atomic mass is 16.5. The molecule has 30 heavy (non-hydrogen) atoms. The molecular weight excluding hydrogens is 384 g/mol. The van der Waals surface area contributed by atoms with Gasteiger partial charge in [-0.15, -0.1) is 5.10 Å². The monoisotopic (exact) mass is 408 g/mol. The van der Waals surface area contributed by atoms with E-state index in [1.54, 1.807) is 0 Å². The third-order valence-electron chi connectivity index (χ3n) is 5.20. The Morgan fingerprint density at radius 1 is 1.23 bits per heavy atom. The molecule has 1 amide bonds. The summed E-state index contributed by atoms with van der Waals surface area (Å²) < 4.78 is 7.84. The van der Waals surface area contributed by atoms with Gasteiger partial charge in [-0.3, -0.25) is 14.5 Å². The van der Waals surface area contributed by atoms with Gasteiger partial charge in [0.15, 0.2) is 0 Å². The molecule has 1 aliphatic heterocycles. The van der Waals surface area contributed by atoms with Gasteiger partial charge in [-0.25, -0.2) is 4.98 Å². The lowest BCUT2D eigenvalue weighted by Gasteiger charge is -2.36. The molecule has 3 heterocycles. The van der Waals surface area contributed by atoms with Crippen molar-refractivity contribution in [2.24, 2.45) is 0 Å². The molecule has 4 rings (SSSR count). The average molecular weight is 408 g/mol. The lowest BCUT2D eigenvalue weighted by molar-refractivity contribution is -0.0912. The number of ether oxygens (including phenoxy) is 1. The summed E-state index contributed by atoms with van der Waals surface area (Å²) in [4.78, 5) is 20.2. The number of hydrogen-bond donors (Lipinski definition) is 2. The molecule has 0 radical (unpaired) electrons. The fourth-order valence-electron chi connectivity index (χ4n) is 3.59. The highest BCUT2D eigenvalue weighted by Crippen LogP contribution is 2.23. The van der Waals surface area contributed by atoms with Crippen molar-refractivity contribution in [2.75, 3.05) is 6.61 Å². The van der Waals surface area contributed by atoms with Gasteiger partial charge in [0, 0.05) is 24.5 Å². The van der Waals surface area contributed by atoms with E-state index in [-0.39, 0.29) is 30.4 Å². The van der Waals surface area contributed by atoms with E-state index in [0.717, 1.165) is 24.1 Å². The molecule has 1 aliphatic rings. The highest BCUT2D eigenvalue weighted by Gasteiger charge is 2.32. The molecule has 0 unspecified atom stereocenters. The maximum atomic E-state index is 12.3. The zero-order valence-corrected chi connectivity index (χ0v) is 16.5. The van der Waals surface area contributed by atoms with Gasteiger partial charge in [0.25, 0.3) is 5.91 Å². The highest BCUT2D eigenvalue weighted by molar-refractivity contribution is 5.92. The first-order valence-corrected chi connectivity index (χ1v) is 10.0. The lowest BCUT2D eigenvalue weighted by atomic mass is 9.97. The Bertz CT molecular complexity index is 950. The molecular formula is C21H24N6O3. The topological polar surface area (TPSA) is 115 Å². The summed E-state index contributed by atoms with van der Waals surface area (Å²) in [6, 6.07) is 9.64. The number of aliphatic hydroxyl groups is 1. The standard InChI is InChI=1S/C21H24N6O3/c28-14-20-17(24-21(29)18-12-22-9-10-23-18)7-6-16(30-20)8-11-27-13-19(25-26-27)15-4-2-1-3-5-15/h1-5,9-10,12-13,16-17,20,28H,6-8,11,14H2,(H,24,29)/t16-,17+,20+/m1/s1. The second kappa shape index (κ2) is 9.55. The third kappa shape index (κ3) is 4.87. The molecule has 156 valence electrons. The Morgan fingerprint density at radius 2 is 2.10 bits per heavy atom. The van der Waals surface area contributed by atoms with Crippen molar-refractivity contribution in [1.82, 2.24) is 30.3 Å². The van der Waals surface area contributed by atoms with E-state index in [9.17, 15) is 9.90 Å². The Hall–Kier alpha value is -3.17. The summed E-state index contributed by atoms with van der Waals surface area (Å²) >= 11 is 0. The maximum Gasteiger partial charge on any atom is 0.271 e. The Kier molecular flexibility index (Phi) is 6.41. The van der Waals surface area contributed by atoms with Gasteiger partial charge >= 0.3 is 0 Å². The van der Waals surface area contributed by atoms with Crippen LogP contribution in [0.1, 0.15) is 29.8 Å². The van der Waals surface area contributed by atoms with Gasteiger partial charge in [-0.05, 0) is 19.3 Å². The largest absolute Gasteiger partial charge is 0.394 e. The molecule has 2 N–H and O–H groups in total. The van der Waals surface area contributed by atoms with Crippen molar-refractivity contribution in [3.05, 3.63) is 60.8 Å². The first kappa shape index (κ1) is 20.1. The average Bonchev–Trinajstić information content (AvgIpc) is 3.28. The minimum Gasteiger partial charge on any atom is -0.394 e. The molecule has 0 bridgehead atoms. The number of aliphatic hydroxyl groups excluding tert-OH is 1. The first-order valence-electron chi connectivity index (χ1n) is 10.0. The molecule has 3 aromatic rings. The molecule has 0 aliphatic carbocycles. The maximum absolute atomic E-state index is 12.3. The molecule has 2 aromatic heterocycles. The number of carbonyl (C=O) groups is 1. The summed E-state index contributed by atoms with van der Waals surface area (Å²) in [5.41, 5.74) is 2.11. The smallest absolute Gasteiger partial charge is 0.271 e. The number of aryl methyl sites for hydroxylation is 1. The summed E-state index contributed by atoms with van der Waals surface area (Å²) in [6.45, 7) is 0.503.